The average Bonchev–Trinajstić information content (AvgIpc) is 2.89. The highest BCUT2D eigenvalue weighted by Gasteiger charge is 2.38. The first-order valence-corrected chi connectivity index (χ1v) is 8.49. The van der Waals surface area contributed by atoms with Gasteiger partial charge in [0.1, 0.15) is 4.90 Å². The van der Waals surface area contributed by atoms with Gasteiger partial charge in [-0.05, 0) is 37.4 Å². The summed E-state index contributed by atoms with van der Waals surface area (Å²) >= 11 is 5.68. The van der Waals surface area contributed by atoms with Crippen molar-refractivity contribution in [1.29, 1.82) is 0 Å². The smallest absolute Gasteiger partial charge is 0.246 e. The second-order valence-corrected chi connectivity index (χ2v) is 7.63. The highest BCUT2D eigenvalue weighted by atomic mass is 35.5. The SMILES string of the molecule is Cl.O=S(=O)(c1cccc(Cl)c1F)N1CCC2NCCC2C1. The first-order chi connectivity index (χ1) is 9.50. The molecule has 0 bridgehead atoms. The van der Waals surface area contributed by atoms with Crippen molar-refractivity contribution in [2.45, 2.75) is 23.8 Å². The summed E-state index contributed by atoms with van der Waals surface area (Å²) in [6.07, 6.45) is 1.74. The fourth-order valence-corrected chi connectivity index (χ4v) is 4.88. The summed E-state index contributed by atoms with van der Waals surface area (Å²) in [6, 6.07) is 4.48. The van der Waals surface area contributed by atoms with Gasteiger partial charge in [0, 0.05) is 19.1 Å². The number of sulfonamides is 1. The molecule has 2 saturated heterocycles. The van der Waals surface area contributed by atoms with E-state index in [4.69, 9.17) is 11.6 Å². The van der Waals surface area contributed by atoms with E-state index in [1.807, 2.05) is 0 Å². The summed E-state index contributed by atoms with van der Waals surface area (Å²) in [6.45, 7) is 1.79. The van der Waals surface area contributed by atoms with Gasteiger partial charge in [0.2, 0.25) is 10.0 Å². The van der Waals surface area contributed by atoms with Crippen LogP contribution in [0.3, 0.4) is 0 Å². The van der Waals surface area contributed by atoms with Crippen molar-refractivity contribution in [1.82, 2.24) is 9.62 Å². The minimum atomic E-state index is -3.81. The Morgan fingerprint density at radius 2 is 2.10 bits per heavy atom. The van der Waals surface area contributed by atoms with E-state index >= 15 is 0 Å². The number of halogens is 3. The Bertz CT molecular complexity index is 627. The molecule has 0 spiro atoms. The van der Waals surface area contributed by atoms with Gasteiger partial charge in [-0.3, -0.25) is 0 Å². The highest BCUT2D eigenvalue weighted by Crippen LogP contribution is 2.30. The van der Waals surface area contributed by atoms with E-state index in [0.29, 0.717) is 25.0 Å². The summed E-state index contributed by atoms with van der Waals surface area (Å²) in [5, 5.41) is 3.21. The molecule has 2 heterocycles. The Morgan fingerprint density at radius 3 is 2.86 bits per heavy atom. The van der Waals surface area contributed by atoms with Crippen LogP contribution in [0.25, 0.3) is 0 Å². The zero-order valence-corrected chi connectivity index (χ0v) is 13.6. The van der Waals surface area contributed by atoms with E-state index in [1.54, 1.807) is 0 Å². The number of rotatable bonds is 2. The molecule has 0 radical (unpaired) electrons. The summed E-state index contributed by atoms with van der Waals surface area (Å²) in [5.74, 6) is -0.540. The summed E-state index contributed by atoms with van der Waals surface area (Å²) in [7, 11) is -3.81. The fraction of sp³-hybridized carbons (Fsp3) is 0.538. The Morgan fingerprint density at radius 1 is 1.33 bits per heavy atom. The van der Waals surface area contributed by atoms with Crippen LogP contribution in [0.2, 0.25) is 5.02 Å². The molecule has 0 aromatic heterocycles. The molecule has 2 unspecified atom stereocenters. The highest BCUT2D eigenvalue weighted by molar-refractivity contribution is 7.89. The lowest BCUT2D eigenvalue weighted by molar-refractivity contribution is 0.246. The van der Waals surface area contributed by atoms with Crippen LogP contribution in [0.5, 0.6) is 0 Å². The number of hydrogen-bond donors (Lipinski definition) is 1. The molecular weight excluding hydrogens is 338 g/mol. The monoisotopic (exact) mass is 354 g/mol. The van der Waals surface area contributed by atoms with Gasteiger partial charge in [-0.15, -0.1) is 12.4 Å². The molecule has 4 nitrogen and oxygen atoms in total. The maximum atomic E-state index is 14.0. The number of piperidine rings is 1. The lowest BCUT2D eigenvalue weighted by atomic mass is 9.95. The largest absolute Gasteiger partial charge is 0.314 e. The fourth-order valence-electron chi connectivity index (χ4n) is 3.05. The van der Waals surface area contributed by atoms with Crippen molar-refractivity contribution >= 4 is 34.0 Å². The van der Waals surface area contributed by atoms with E-state index < -0.39 is 15.8 Å². The third-order valence-electron chi connectivity index (χ3n) is 4.15. The van der Waals surface area contributed by atoms with Crippen LogP contribution in [-0.2, 0) is 10.0 Å². The van der Waals surface area contributed by atoms with Gasteiger partial charge in [0.15, 0.2) is 5.82 Å². The minimum absolute atomic E-state index is 0. The number of fused-ring (bicyclic) bond motifs is 1. The van der Waals surface area contributed by atoms with Crippen molar-refractivity contribution in [2.24, 2.45) is 5.92 Å². The first kappa shape index (κ1) is 17.0. The maximum Gasteiger partial charge on any atom is 0.246 e. The lowest BCUT2D eigenvalue weighted by Crippen LogP contribution is -2.46. The van der Waals surface area contributed by atoms with Gasteiger partial charge >= 0.3 is 0 Å². The maximum absolute atomic E-state index is 14.0. The predicted octanol–water partition coefficient (Wildman–Crippen LogP) is 2.27. The van der Waals surface area contributed by atoms with E-state index in [0.717, 1.165) is 19.4 Å². The van der Waals surface area contributed by atoms with Crippen LogP contribution in [0, 0.1) is 11.7 Å². The quantitative estimate of drug-likeness (QED) is 0.886. The molecule has 118 valence electrons. The van der Waals surface area contributed by atoms with Crippen molar-refractivity contribution in [3.8, 4) is 0 Å². The Labute approximate surface area is 135 Å². The zero-order chi connectivity index (χ0) is 14.3. The Hall–Kier alpha value is -0.400. The zero-order valence-electron chi connectivity index (χ0n) is 11.3. The van der Waals surface area contributed by atoms with E-state index in [9.17, 15) is 12.8 Å². The number of benzene rings is 1. The van der Waals surface area contributed by atoms with E-state index in [2.05, 4.69) is 5.32 Å². The molecule has 1 N–H and O–H groups in total. The number of hydrogen-bond acceptors (Lipinski definition) is 3. The molecule has 1 aromatic carbocycles. The third kappa shape index (κ3) is 3.05. The average molecular weight is 355 g/mol. The normalized spacial score (nSPS) is 26.2. The number of nitrogens with one attached hydrogen (secondary N) is 1. The van der Waals surface area contributed by atoms with Crippen molar-refractivity contribution in [3.05, 3.63) is 29.0 Å². The van der Waals surface area contributed by atoms with Gasteiger partial charge in [-0.2, -0.15) is 4.31 Å². The Kier molecular flexibility index (Phi) is 5.15. The van der Waals surface area contributed by atoms with Gasteiger partial charge in [0.05, 0.1) is 5.02 Å². The molecule has 8 heteroatoms. The molecule has 2 aliphatic rings. The molecule has 2 aliphatic heterocycles. The van der Waals surface area contributed by atoms with Gasteiger partial charge < -0.3 is 5.32 Å². The topological polar surface area (TPSA) is 49.4 Å². The summed E-state index contributed by atoms with van der Waals surface area (Å²) < 4.78 is 40.5. The van der Waals surface area contributed by atoms with Gasteiger partial charge in [-0.1, -0.05) is 17.7 Å². The van der Waals surface area contributed by atoms with Gasteiger partial charge in [-0.25, -0.2) is 12.8 Å². The molecule has 3 rings (SSSR count). The molecule has 0 saturated carbocycles. The van der Waals surface area contributed by atoms with Crippen LogP contribution in [0.4, 0.5) is 4.39 Å². The minimum Gasteiger partial charge on any atom is -0.314 e. The lowest BCUT2D eigenvalue weighted by Gasteiger charge is -2.34. The molecule has 0 aliphatic carbocycles. The summed E-state index contributed by atoms with van der Waals surface area (Å²) in [5.41, 5.74) is 0. The van der Waals surface area contributed by atoms with Crippen LogP contribution in [0.1, 0.15) is 12.8 Å². The molecule has 0 amide bonds. The van der Waals surface area contributed by atoms with E-state index in [-0.39, 0.29) is 22.3 Å². The Balaban J connectivity index is 0.00000161. The van der Waals surface area contributed by atoms with Crippen LogP contribution < -0.4 is 5.32 Å². The summed E-state index contributed by atoms with van der Waals surface area (Å²) in [4.78, 5) is -0.325. The molecule has 2 fully saturated rings. The predicted molar refractivity (Wildman–Crippen MR) is 81.9 cm³/mol. The third-order valence-corrected chi connectivity index (χ3v) is 6.33. The second-order valence-electron chi connectivity index (χ2n) is 5.31. The molecule has 1 aromatic rings. The standard InChI is InChI=1S/C13H16ClFN2O2S.ClH/c14-10-2-1-3-12(13(10)15)20(18,19)17-7-5-11-9(8-17)4-6-16-11;/h1-3,9,11,16H,4-8H2;1H. The molecule has 2 atom stereocenters. The first-order valence-electron chi connectivity index (χ1n) is 6.67. The van der Waals surface area contributed by atoms with Gasteiger partial charge in [0.25, 0.3) is 0 Å². The molecule has 21 heavy (non-hydrogen) atoms. The van der Waals surface area contributed by atoms with E-state index in [1.165, 1.54) is 22.5 Å². The number of nitrogens with zero attached hydrogens (tertiary/aromatic N) is 1. The van der Waals surface area contributed by atoms with Crippen LogP contribution in [0.15, 0.2) is 23.1 Å². The van der Waals surface area contributed by atoms with Crippen LogP contribution >= 0.6 is 24.0 Å². The van der Waals surface area contributed by atoms with Crippen LogP contribution in [-0.4, -0.2) is 38.4 Å². The van der Waals surface area contributed by atoms with Crippen molar-refractivity contribution in [3.63, 3.8) is 0 Å². The van der Waals surface area contributed by atoms with Crippen molar-refractivity contribution in [2.75, 3.05) is 19.6 Å². The molecular formula is C13H17Cl2FN2O2S. The van der Waals surface area contributed by atoms with Crippen molar-refractivity contribution < 1.29 is 12.8 Å². The second kappa shape index (κ2) is 6.38.